The quantitative estimate of drug-likeness (QED) is 0.919. The number of hydrogen-bond acceptors (Lipinski definition) is 4. The Kier molecular flexibility index (Phi) is 3.90. The third kappa shape index (κ3) is 2.60. The first-order valence-electron chi connectivity index (χ1n) is 7.34. The summed E-state index contributed by atoms with van der Waals surface area (Å²) in [5, 5.41) is 0. The molecule has 1 aliphatic carbocycles. The zero-order chi connectivity index (χ0) is 15.7. The molecule has 1 aliphatic rings. The molecule has 0 radical (unpaired) electrons. The maximum absolute atomic E-state index is 12.6. The third-order valence-electron chi connectivity index (χ3n) is 4.05. The van der Waals surface area contributed by atoms with Crippen molar-refractivity contribution in [1.29, 1.82) is 0 Å². The van der Waals surface area contributed by atoms with Crippen LogP contribution in [0.15, 0.2) is 41.3 Å². The molecule has 0 spiro atoms. The number of benzene rings is 1. The van der Waals surface area contributed by atoms with Crippen molar-refractivity contribution in [2.75, 3.05) is 14.2 Å². The van der Waals surface area contributed by atoms with E-state index in [0.717, 1.165) is 18.4 Å². The predicted molar refractivity (Wildman–Crippen MR) is 84.5 cm³/mol. The van der Waals surface area contributed by atoms with Gasteiger partial charge in [0.15, 0.2) is 0 Å². The number of rotatable bonds is 5. The summed E-state index contributed by atoms with van der Waals surface area (Å²) in [5.74, 6) is 1.31. The Morgan fingerprint density at radius 1 is 1.18 bits per heavy atom. The van der Waals surface area contributed by atoms with Gasteiger partial charge in [-0.3, -0.25) is 4.79 Å². The molecule has 0 bridgehead atoms. The zero-order valence-electron chi connectivity index (χ0n) is 12.8. The van der Waals surface area contributed by atoms with Gasteiger partial charge in [-0.2, -0.15) is 0 Å². The number of aromatic nitrogens is 1. The van der Waals surface area contributed by atoms with Crippen LogP contribution in [0.5, 0.6) is 11.5 Å². The molecule has 1 saturated carbocycles. The smallest absolute Gasteiger partial charge is 0.255 e. The highest BCUT2D eigenvalue weighted by molar-refractivity contribution is 5.45. The summed E-state index contributed by atoms with van der Waals surface area (Å²) in [5.41, 5.74) is 7.68. The van der Waals surface area contributed by atoms with Crippen molar-refractivity contribution in [1.82, 2.24) is 4.57 Å². The fraction of sp³-hybridized carbons (Fsp3) is 0.353. The second kappa shape index (κ2) is 5.85. The maximum atomic E-state index is 12.6. The lowest BCUT2D eigenvalue weighted by molar-refractivity contribution is 0.389. The molecule has 2 N–H and O–H groups in total. The van der Waals surface area contributed by atoms with E-state index in [0.29, 0.717) is 23.1 Å². The summed E-state index contributed by atoms with van der Waals surface area (Å²) in [6.07, 6.45) is 3.95. The summed E-state index contributed by atoms with van der Waals surface area (Å²) in [4.78, 5) is 12.6. The molecule has 0 aliphatic heterocycles. The molecule has 2 aromatic rings. The fourth-order valence-corrected chi connectivity index (χ4v) is 2.65. The van der Waals surface area contributed by atoms with Gasteiger partial charge in [-0.15, -0.1) is 0 Å². The normalized spacial score (nSPS) is 15.4. The standard InChI is InChI=1S/C17H20N2O3/c1-21-12-7-8-13(15(10-12)22-2)16(18)14-4-3-9-19(17(14)20)11-5-6-11/h3-4,7-11,16H,5-6,18H2,1-2H3. The van der Waals surface area contributed by atoms with Crippen LogP contribution in [0.25, 0.3) is 0 Å². The van der Waals surface area contributed by atoms with Crippen LogP contribution in [0.2, 0.25) is 0 Å². The zero-order valence-corrected chi connectivity index (χ0v) is 12.8. The van der Waals surface area contributed by atoms with E-state index < -0.39 is 6.04 Å². The van der Waals surface area contributed by atoms with Crippen molar-refractivity contribution in [2.24, 2.45) is 5.73 Å². The average Bonchev–Trinajstić information content (AvgIpc) is 3.38. The molecule has 1 unspecified atom stereocenters. The van der Waals surface area contributed by atoms with Crippen molar-refractivity contribution in [3.8, 4) is 11.5 Å². The SMILES string of the molecule is COc1ccc(C(N)c2cccn(C3CC3)c2=O)c(OC)c1. The molecule has 116 valence electrons. The van der Waals surface area contributed by atoms with Gasteiger partial charge in [0, 0.05) is 29.4 Å². The van der Waals surface area contributed by atoms with Crippen molar-refractivity contribution < 1.29 is 9.47 Å². The van der Waals surface area contributed by atoms with Gasteiger partial charge in [0.25, 0.3) is 5.56 Å². The van der Waals surface area contributed by atoms with Gasteiger partial charge < -0.3 is 19.8 Å². The lowest BCUT2D eigenvalue weighted by atomic mass is 9.99. The minimum atomic E-state index is -0.528. The average molecular weight is 300 g/mol. The van der Waals surface area contributed by atoms with Crippen LogP contribution in [0.3, 0.4) is 0 Å². The maximum Gasteiger partial charge on any atom is 0.255 e. The minimum Gasteiger partial charge on any atom is -0.497 e. The van der Waals surface area contributed by atoms with Crippen LogP contribution in [0.4, 0.5) is 0 Å². The van der Waals surface area contributed by atoms with Crippen molar-refractivity contribution in [2.45, 2.75) is 24.9 Å². The number of hydrogen-bond donors (Lipinski definition) is 1. The molecule has 0 saturated heterocycles. The predicted octanol–water partition coefficient (Wildman–Crippen LogP) is 2.25. The largest absolute Gasteiger partial charge is 0.497 e. The highest BCUT2D eigenvalue weighted by Gasteiger charge is 2.26. The van der Waals surface area contributed by atoms with Crippen LogP contribution < -0.4 is 20.8 Å². The van der Waals surface area contributed by atoms with E-state index in [4.69, 9.17) is 15.2 Å². The molecule has 3 rings (SSSR count). The Labute approximate surface area is 129 Å². The van der Waals surface area contributed by atoms with Gasteiger partial charge in [-0.05, 0) is 31.0 Å². The summed E-state index contributed by atoms with van der Waals surface area (Å²) < 4.78 is 12.4. The highest BCUT2D eigenvalue weighted by Crippen LogP contribution is 2.34. The molecule has 1 heterocycles. The van der Waals surface area contributed by atoms with Crippen LogP contribution in [-0.2, 0) is 0 Å². The third-order valence-corrected chi connectivity index (χ3v) is 4.05. The Balaban J connectivity index is 2.02. The fourth-order valence-electron chi connectivity index (χ4n) is 2.65. The lowest BCUT2D eigenvalue weighted by Crippen LogP contribution is -2.28. The van der Waals surface area contributed by atoms with E-state index in [-0.39, 0.29) is 5.56 Å². The molecule has 1 atom stereocenters. The van der Waals surface area contributed by atoms with E-state index in [1.165, 1.54) is 0 Å². The van der Waals surface area contributed by atoms with E-state index in [1.54, 1.807) is 30.9 Å². The van der Waals surface area contributed by atoms with Gasteiger partial charge in [-0.25, -0.2) is 0 Å². The topological polar surface area (TPSA) is 66.5 Å². The number of nitrogens with zero attached hydrogens (tertiary/aromatic N) is 1. The van der Waals surface area contributed by atoms with E-state index >= 15 is 0 Å². The van der Waals surface area contributed by atoms with E-state index in [1.807, 2.05) is 24.4 Å². The van der Waals surface area contributed by atoms with Crippen LogP contribution in [-0.4, -0.2) is 18.8 Å². The number of methoxy groups -OCH3 is 2. The highest BCUT2D eigenvalue weighted by atomic mass is 16.5. The van der Waals surface area contributed by atoms with Crippen LogP contribution in [0.1, 0.15) is 36.1 Å². The number of nitrogens with two attached hydrogens (primary N) is 1. The summed E-state index contributed by atoms with van der Waals surface area (Å²) in [7, 11) is 3.18. The molecule has 1 fully saturated rings. The Morgan fingerprint density at radius 3 is 2.59 bits per heavy atom. The summed E-state index contributed by atoms with van der Waals surface area (Å²) in [6, 6.07) is 8.91. The van der Waals surface area contributed by atoms with E-state index in [2.05, 4.69) is 0 Å². The van der Waals surface area contributed by atoms with Crippen LogP contribution in [0, 0.1) is 0 Å². The first-order valence-corrected chi connectivity index (χ1v) is 7.34. The first kappa shape index (κ1) is 14.7. The second-order valence-electron chi connectivity index (χ2n) is 5.49. The Morgan fingerprint density at radius 2 is 1.95 bits per heavy atom. The van der Waals surface area contributed by atoms with Gasteiger partial charge in [0.2, 0.25) is 0 Å². The molecule has 1 aromatic heterocycles. The van der Waals surface area contributed by atoms with Crippen LogP contribution >= 0.6 is 0 Å². The first-order chi connectivity index (χ1) is 10.7. The molecule has 5 heteroatoms. The van der Waals surface area contributed by atoms with Gasteiger partial charge in [0.1, 0.15) is 11.5 Å². The summed E-state index contributed by atoms with van der Waals surface area (Å²) >= 11 is 0. The molecule has 1 aromatic carbocycles. The molecule has 5 nitrogen and oxygen atoms in total. The molecule has 22 heavy (non-hydrogen) atoms. The summed E-state index contributed by atoms with van der Waals surface area (Å²) in [6.45, 7) is 0. The second-order valence-corrected chi connectivity index (χ2v) is 5.49. The van der Waals surface area contributed by atoms with Crippen molar-refractivity contribution in [3.63, 3.8) is 0 Å². The lowest BCUT2D eigenvalue weighted by Gasteiger charge is -2.17. The van der Waals surface area contributed by atoms with Gasteiger partial charge >= 0.3 is 0 Å². The van der Waals surface area contributed by atoms with E-state index in [9.17, 15) is 4.79 Å². The number of ether oxygens (including phenoxy) is 2. The van der Waals surface area contributed by atoms with Crippen molar-refractivity contribution in [3.05, 3.63) is 58.0 Å². The molecular formula is C17H20N2O3. The van der Waals surface area contributed by atoms with Gasteiger partial charge in [0.05, 0.1) is 20.3 Å². The minimum absolute atomic E-state index is 0.0182. The Bertz CT molecular complexity index is 735. The Hall–Kier alpha value is -2.27. The number of pyridine rings is 1. The van der Waals surface area contributed by atoms with Crippen molar-refractivity contribution >= 4 is 0 Å². The monoisotopic (exact) mass is 300 g/mol. The van der Waals surface area contributed by atoms with Gasteiger partial charge in [-0.1, -0.05) is 6.07 Å². The molecule has 0 amide bonds. The molecular weight excluding hydrogens is 280 g/mol.